The van der Waals surface area contributed by atoms with Gasteiger partial charge in [0.2, 0.25) is 0 Å². The van der Waals surface area contributed by atoms with Crippen molar-refractivity contribution < 1.29 is 38.2 Å². The van der Waals surface area contributed by atoms with Crippen LogP contribution in [-0.2, 0) is 32.9 Å². The quantitative estimate of drug-likeness (QED) is 0.124. The summed E-state index contributed by atoms with van der Waals surface area (Å²) in [6, 6.07) is 25.6. The maximum absolute atomic E-state index is 8.76. The van der Waals surface area contributed by atoms with Crippen molar-refractivity contribution in [2.45, 2.75) is 78.3 Å². The van der Waals surface area contributed by atoms with Gasteiger partial charge in [0.05, 0.1) is 5.58 Å². The number of aryl methyl sites for hydroxylation is 2. The second kappa shape index (κ2) is 15.0. The van der Waals surface area contributed by atoms with Crippen molar-refractivity contribution >= 4 is 39.6 Å². The van der Waals surface area contributed by atoms with E-state index in [1.54, 1.807) is 38.1 Å². The van der Waals surface area contributed by atoms with Gasteiger partial charge in [0.15, 0.2) is 0 Å². The molecule has 0 saturated heterocycles. The average Bonchev–Trinajstić information content (AvgIpc) is 3.48. The van der Waals surface area contributed by atoms with E-state index in [0.717, 1.165) is 32.0 Å². The minimum atomic E-state index is -2.52. The number of aromatic nitrogens is 2. The van der Waals surface area contributed by atoms with Gasteiger partial charge in [0, 0.05) is 42.7 Å². The predicted octanol–water partition coefficient (Wildman–Crippen LogP) is 10.9. The molecule has 1 radical (unpaired) electrons. The smallest absolute Gasteiger partial charge is 0 e. The summed E-state index contributed by atoms with van der Waals surface area (Å²) in [5.41, 5.74) is 3.69. The Labute approximate surface area is 312 Å². The summed E-state index contributed by atoms with van der Waals surface area (Å²) >= 11 is -2.24. The SMILES string of the molecule is [2H]C([2H])([2H])c1ccc2c(c1)oc1c(-c3cc(C([2H])([2H])C(C)C)c(C([2H])([2H])[2H])cn3)[c-]ccc12.[2H]C([2H])(c1cc(-c2[c-]cccc2)nc[c]1[Ge]([CH3])([CH3])[CH3])C(C)(C)C.[Ir]. The fourth-order valence-corrected chi connectivity index (χ4v) is 8.14. The zero-order valence-electron chi connectivity index (χ0n) is 38.2. The summed E-state index contributed by atoms with van der Waals surface area (Å²) in [5.74, 6) is 6.38. The molecule has 3 nitrogen and oxygen atoms in total. The van der Waals surface area contributed by atoms with E-state index in [9.17, 15) is 0 Å². The summed E-state index contributed by atoms with van der Waals surface area (Å²) in [6.07, 6.45) is -0.208. The van der Waals surface area contributed by atoms with E-state index in [-0.39, 0.29) is 36.8 Å². The van der Waals surface area contributed by atoms with Gasteiger partial charge < -0.3 is 9.40 Å². The van der Waals surface area contributed by atoms with Crippen LogP contribution in [0, 0.1) is 37.2 Å². The Hall–Kier alpha value is -3.05. The summed E-state index contributed by atoms with van der Waals surface area (Å²) in [5, 5.41) is 1.45. The molecule has 0 amide bonds. The molecule has 3 aromatic carbocycles. The summed E-state index contributed by atoms with van der Waals surface area (Å²) < 4.78 is 88.2. The molecule has 0 aliphatic carbocycles. The van der Waals surface area contributed by atoms with Crippen LogP contribution in [0.15, 0.2) is 83.5 Å². The van der Waals surface area contributed by atoms with Crippen LogP contribution in [0.5, 0.6) is 0 Å². The van der Waals surface area contributed by atoms with Crippen molar-refractivity contribution in [1.82, 2.24) is 9.97 Å². The van der Waals surface area contributed by atoms with Gasteiger partial charge in [-0.05, 0) is 48.9 Å². The van der Waals surface area contributed by atoms with Gasteiger partial charge in [0.25, 0.3) is 0 Å². The Balaban J connectivity index is 0.000000265. The summed E-state index contributed by atoms with van der Waals surface area (Å²) in [7, 11) is 0. The maximum Gasteiger partial charge on any atom is 0 e. The average molecular weight is 872 g/mol. The number of furan rings is 1. The molecule has 3 heterocycles. The van der Waals surface area contributed by atoms with Crippen molar-refractivity contribution in [3.05, 3.63) is 114 Å². The molecule has 0 fully saturated rings. The Bertz CT molecular complexity index is 2360. The Morgan fingerprint density at radius 3 is 2.30 bits per heavy atom. The van der Waals surface area contributed by atoms with Gasteiger partial charge in [-0.3, -0.25) is 0 Å². The van der Waals surface area contributed by atoms with Crippen LogP contribution in [0.25, 0.3) is 44.5 Å². The van der Waals surface area contributed by atoms with E-state index in [1.807, 2.05) is 57.3 Å². The van der Waals surface area contributed by atoms with E-state index in [2.05, 4.69) is 39.4 Å². The molecular weight excluding hydrogens is 813 g/mol. The fraction of sp³-hybridized carbons (Fsp3) is 0.333. The third-order valence-electron chi connectivity index (χ3n) is 7.24. The predicted molar refractivity (Wildman–Crippen MR) is 198 cm³/mol. The van der Waals surface area contributed by atoms with Gasteiger partial charge >= 0.3 is 135 Å². The first-order chi connectivity index (χ1) is 25.7. The normalized spacial score (nSPS) is 16.1. The van der Waals surface area contributed by atoms with Gasteiger partial charge in [0.1, 0.15) is 5.58 Å². The Kier molecular flexibility index (Phi) is 7.99. The molecule has 47 heavy (non-hydrogen) atoms. The minimum absolute atomic E-state index is 0. The Morgan fingerprint density at radius 2 is 1.64 bits per heavy atom. The van der Waals surface area contributed by atoms with Crippen LogP contribution in [0.4, 0.5) is 0 Å². The summed E-state index contributed by atoms with van der Waals surface area (Å²) in [4.78, 5) is 8.94. The monoisotopic (exact) mass is 873 g/mol. The first kappa shape index (κ1) is 25.0. The fourth-order valence-electron chi connectivity index (χ4n) is 5.21. The number of rotatable bonds is 6. The molecule has 0 N–H and O–H groups in total. The molecule has 0 saturated carbocycles. The van der Waals surface area contributed by atoms with E-state index < -0.39 is 51.0 Å². The molecule has 0 atom stereocenters. The van der Waals surface area contributed by atoms with Gasteiger partial charge in [-0.1, -0.05) is 48.6 Å². The van der Waals surface area contributed by atoms with Gasteiger partial charge in [-0.15, -0.1) is 18.2 Å². The third kappa shape index (κ3) is 9.10. The molecule has 247 valence electrons. The first-order valence-electron chi connectivity index (χ1n) is 20.5. The van der Waals surface area contributed by atoms with Crippen molar-refractivity contribution in [3.8, 4) is 22.5 Å². The van der Waals surface area contributed by atoms with Gasteiger partial charge in [-0.2, -0.15) is 0 Å². The largest absolute Gasteiger partial charge is 0 e. The van der Waals surface area contributed by atoms with E-state index in [1.165, 1.54) is 18.3 Å². The second-order valence-corrected chi connectivity index (χ2v) is 24.4. The molecular formula is C42H48GeIrN2O-2. The van der Waals surface area contributed by atoms with Crippen molar-refractivity contribution in [1.29, 1.82) is 0 Å². The van der Waals surface area contributed by atoms with Crippen LogP contribution in [0.1, 0.15) is 70.6 Å². The Morgan fingerprint density at radius 1 is 0.872 bits per heavy atom. The molecule has 0 bridgehead atoms. The number of nitrogens with zero attached hydrogens (tertiary/aromatic N) is 2. The van der Waals surface area contributed by atoms with Crippen molar-refractivity contribution in [2.75, 3.05) is 0 Å². The van der Waals surface area contributed by atoms with E-state index in [0.29, 0.717) is 22.4 Å². The van der Waals surface area contributed by atoms with Crippen molar-refractivity contribution in [3.63, 3.8) is 0 Å². The maximum atomic E-state index is 8.76. The number of fused-ring (bicyclic) bond motifs is 3. The second-order valence-electron chi connectivity index (χ2n) is 13.8. The van der Waals surface area contributed by atoms with E-state index >= 15 is 0 Å². The minimum Gasteiger partial charge on any atom is 0 e. The van der Waals surface area contributed by atoms with Crippen LogP contribution in [0.3, 0.4) is 0 Å². The van der Waals surface area contributed by atoms with Crippen LogP contribution in [-0.4, -0.2) is 23.2 Å². The van der Waals surface area contributed by atoms with Gasteiger partial charge in [-0.25, -0.2) is 0 Å². The molecule has 6 rings (SSSR count). The molecule has 5 heteroatoms. The summed E-state index contributed by atoms with van der Waals surface area (Å²) in [6.45, 7) is 4.47. The topological polar surface area (TPSA) is 38.9 Å². The van der Waals surface area contributed by atoms with Crippen LogP contribution in [0.2, 0.25) is 17.3 Å². The molecule has 3 aromatic heterocycles. The number of hydrogen-bond donors (Lipinski definition) is 0. The van der Waals surface area contributed by atoms with Crippen LogP contribution >= 0.6 is 0 Å². The first-order valence-corrected chi connectivity index (χ1v) is 22.9. The van der Waals surface area contributed by atoms with Crippen molar-refractivity contribution in [2.24, 2.45) is 11.3 Å². The zero-order chi connectivity index (χ0) is 41.8. The van der Waals surface area contributed by atoms with E-state index in [4.69, 9.17) is 18.1 Å². The number of benzene rings is 3. The zero-order valence-corrected chi connectivity index (χ0v) is 32.7. The molecule has 6 aromatic rings. The standard InChI is InChI=1S/C23H22NO.C19H26GeN.Ir/c1-14(2)10-17-12-21(24-13-16(17)4)20-7-5-6-19-18-9-8-15(3)11-22(18)25-23(19)20;1-19(2,3)13-16-12-18(15-10-8-7-9-11-15)21-14-17(16)20(4,5)6;/h5-6,8-9,11-14H,10H2,1-4H3;7-10,12,14H,13H2,1-6H3;/q2*-1;/i3D3,4D3,10D2;13D2;. The molecule has 0 aliphatic heterocycles. The third-order valence-corrected chi connectivity index (χ3v) is 11.5. The number of hydrogen-bond acceptors (Lipinski definition) is 3. The van der Waals surface area contributed by atoms with Crippen LogP contribution < -0.4 is 4.40 Å². The molecule has 0 aliphatic rings. The number of pyridine rings is 2. The molecule has 0 unspecified atom stereocenters. The molecule has 0 spiro atoms.